The van der Waals surface area contributed by atoms with Crippen LogP contribution in [-0.2, 0) is 11.8 Å². The van der Waals surface area contributed by atoms with Crippen molar-refractivity contribution >= 4 is 5.82 Å². The predicted molar refractivity (Wildman–Crippen MR) is 55.2 cm³/mol. The van der Waals surface area contributed by atoms with E-state index in [1.807, 2.05) is 17.8 Å². The predicted octanol–water partition coefficient (Wildman–Crippen LogP) is 1.26. The van der Waals surface area contributed by atoms with E-state index in [4.69, 9.17) is 4.74 Å². The summed E-state index contributed by atoms with van der Waals surface area (Å²) in [6, 6.07) is 2.44. The molecule has 4 nitrogen and oxygen atoms in total. The molecule has 1 N–H and O–H groups in total. The van der Waals surface area contributed by atoms with E-state index in [1.165, 1.54) is 0 Å². The summed E-state index contributed by atoms with van der Waals surface area (Å²) in [6.07, 6.45) is 2.96. The van der Waals surface area contributed by atoms with Crippen LogP contribution in [0.25, 0.3) is 0 Å². The molecule has 2 heterocycles. The molecule has 4 heteroatoms. The van der Waals surface area contributed by atoms with Crippen LogP contribution in [0.3, 0.4) is 0 Å². The molecule has 0 bridgehead atoms. The molecule has 2 unspecified atom stereocenters. The summed E-state index contributed by atoms with van der Waals surface area (Å²) in [4.78, 5) is 0. The molecule has 0 saturated carbocycles. The van der Waals surface area contributed by atoms with Gasteiger partial charge in [0, 0.05) is 31.7 Å². The highest BCUT2D eigenvalue weighted by atomic mass is 16.5. The van der Waals surface area contributed by atoms with Crippen LogP contribution in [0, 0.1) is 5.92 Å². The van der Waals surface area contributed by atoms with Gasteiger partial charge in [-0.15, -0.1) is 0 Å². The fourth-order valence-electron chi connectivity index (χ4n) is 1.81. The fourth-order valence-corrected chi connectivity index (χ4v) is 1.81. The minimum absolute atomic E-state index is 0.452. The molecule has 1 aromatic heterocycles. The molecular formula is C10H17N3O. The summed E-state index contributed by atoms with van der Waals surface area (Å²) < 4.78 is 7.22. The third-order valence-corrected chi connectivity index (χ3v) is 2.87. The van der Waals surface area contributed by atoms with Gasteiger partial charge in [0.15, 0.2) is 0 Å². The van der Waals surface area contributed by atoms with Gasteiger partial charge < -0.3 is 10.1 Å². The summed E-state index contributed by atoms with van der Waals surface area (Å²) in [5.74, 6) is 1.70. The third kappa shape index (κ3) is 1.90. The molecule has 0 aliphatic carbocycles. The van der Waals surface area contributed by atoms with Crippen molar-refractivity contribution < 1.29 is 4.74 Å². The lowest BCUT2D eigenvalue weighted by Gasteiger charge is -2.20. The largest absolute Gasteiger partial charge is 0.381 e. The van der Waals surface area contributed by atoms with E-state index in [2.05, 4.69) is 17.3 Å². The van der Waals surface area contributed by atoms with Gasteiger partial charge in [0.2, 0.25) is 0 Å². The highest BCUT2D eigenvalue weighted by Crippen LogP contribution is 2.19. The number of nitrogens with one attached hydrogen (secondary N) is 1. The second kappa shape index (κ2) is 4.00. The molecule has 1 aromatic rings. The highest BCUT2D eigenvalue weighted by Gasteiger charge is 2.22. The second-order valence-electron chi connectivity index (χ2n) is 3.90. The minimum atomic E-state index is 0.452. The Labute approximate surface area is 84.3 Å². The van der Waals surface area contributed by atoms with Gasteiger partial charge in [-0.05, 0) is 13.3 Å². The van der Waals surface area contributed by atoms with Crippen LogP contribution in [0.1, 0.15) is 13.3 Å². The van der Waals surface area contributed by atoms with Gasteiger partial charge in [-0.25, -0.2) is 0 Å². The lowest BCUT2D eigenvalue weighted by molar-refractivity contribution is 0.183. The van der Waals surface area contributed by atoms with Crippen molar-refractivity contribution in [1.29, 1.82) is 0 Å². The molecule has 1 fully saturated rings. The number of aryl methyl sites for hydroxylation is 1. The standard InChI is InChI=1S/C10H17N3O/c1-8(9-4-6-14-7-9)12-10-3-5-11-13(10)2/h3,5,8-9,12H,4,6-7H2,1-2H3. The first-order valence-corrected chi connectivity index (χ1v) is 5.09. The van der Waals surface area contributed by atoms with Crippen LogP contribution >= 0.6 is 0 Å². The zero-order chi connectivity index (χ0) is 9.97. The first-order chi connectivity index (χ1) is 6.77. The molecule has 2 atom stereocenters. The number of aromatic nitrogens is 2. The van der Waals surface area contributed by atoms with Crippen molar-refractivity contribution in [2.24, 2.45) is 13.0 Å². The molecule has 14 heavy (non-hydrogen) atoms. The van der Waals surface area contributed by atoms with Gasteiger partial charge in [0.25, 0.3) is 0 Å². The molecule has 2 rings (SSSR count). The molecule has 0 aromatic carbocycles. The van der Waals surface area contributed by atoms with Gasteiger partial charge in [-0.3, -0.25) is 4.68 Å². The van der Waals surface area contributed by atoms with Crippen molar-refractivity contribution in [3.8, 4) is 0 Å². The molecule has 1 aliphatic heterocycles. The van der Waals surface area contributed by atoms with Crippen molar-refractivity contribution in [3.05, 3.63) is 12.3 Å². The van der Waals surface area contributed by atoms with Gasteiger partial charge >= 0.3 is 0 Å². The molecule has 0 amide bonds. The Balaban J connectivity index is 1.93. The number of ether oxygens (including phenoxy) is 1. The Hall–Kier alpha value is -1.03. The van der Waals surface area contributed by atoms with Crippen molar-refractivity contribution in [3.63, 3.8) is 0 Å². The number of hydrogen-bond acceptors (Lipinski definition) is 3. The van der Waals surface area contributed by atoms with E-state index in [1.54, 1.807) is 6.20 Å². The molecular weight excluding hydrogens is 178 g/mol. The topological polar surface area (TPSA) is 39.1 Å². The van der Waals surface area contributed by atoms with E-state index >= 15 is 0 Å². The van der Waals surface area contributed by atoms with Crippen LogP contribution in [0.15, 0.2) is 12.3 Å². The zero-order valence-electron chi connectivity index (χ0n) is 8.73. The van der Waals surface area contributed by atoms with Crippen LogP contribution in [0.5, 0.6) is 0 Å². The molecule has 1 aliphatic rings. The van der Waals surface area contributed by atoms with E-state index in [9.17, 15) is 0 Å². The molecule has 0 spiro atoms. The number of anilines is 1. The lowest BCUT2D eigenvalue weighted by atomic mass is 10.0. The number of hydrogen-bond donors (Lipinski definition) is 1. The van der Waals surface area contributed by atoms with Crippen LogP contribution < -0.4 is 5.32 Å². The summed E-state index contributed by atoms with van der Waals surface area (Å²) in [5.41, 5.74) is 0. The van der Waals surface area contributed by atoms with Gasteiger partial charge in [0.05, 0.1) is 12.8 Å². The number of rotatable bonds is 3. The van der Waals surface area contributed by atoms with E-state index in [0.717, 1.165) is 25.5 Å². The molecule has 1 saturated heterocycles. The molecule has 78 valence electrons. The van der Waals surface area contributed by atoms with Crippen molar-refractivity contribution in [1.82, 2.24) is 9.78 Å². The maximum atomic E-state index is 5.37. The lowest BCUT2D eigenvalue weighted by Crippen LogP contribution is -2.27. The summed E-state index contributed by atoms with van der Waals surface area (Å²) in [7, 11) is 1.94. The van der Waals surface area contributed by atoms with Gasteiger partial charge in [-0.2, -0.15) is 5.10 Å². The Morgan fingerprint density at radius 1 is 1.71 bits per heavy atom. The van der Waals surface area contributed by atoms with Gasteiger partial charge in [-0.1, -0.05) is 0 Å². The Morgan fingerprint density at radius 3 is 3.14 bits per heavy atom. The first kappa shape index (κ1) is 9.52. The zero-order valence-corrected chi connectivity index (χ0v) is 8.73. The summed E-state index contributed by atoms with van der Waals surface area (Å²) >= 11 is 0. The summed E-state index contributed by atoms with van der Waals surface area (Å²) in [6.45, 7) is 3.99. The highest BCUT2D eigenvalue weighted by molar-refractivity contribution is 5.34. The number of nitrogens with zero attached hydrogens (tertiary/aromatic N) is 2. The quantitative estimate of drug-likeness (QED) is 0.789. The second-order valence-corrected chi connectivity index (χ2v) is 3.90. The van der Waals surface area contributed by atoms with Crippen LogP contribution in [-0.4, -0.2) is 29.0 Å². The van der Waals surface area contributed by atoms with Crippen LogP contribution in [0.4, 0.5) is 5.82 Å². The Bertz CT molecular complexity index is 291. The van der Waals surface area contributed by atoms with Crippen LogP contribution in [0.2, 0.25) is 0 Å². The average Bonchev–Trinajstić information content (AvgIpc) is 2.77. The van der Waals surface area contributed by atoms with Crippen molar-refractivity contribution in [2.75, 3.05) is 18.5 Å². The summed E-state index contributed by atoms with van der Waals surface area (Å²) in [5, 5.41) is 7.57. The Morgan fingerprint density at radius 2 is 2.57 bits per heavy atom. The first-order valence-electron chi connectivity index (χ1n) is 5.09. The smallest absolute Gasteiger partial charge is 0.124 e. The maximum Gasteiger partial charge on any atom is 0.124 e. The average molecular weight is 195 g/mol. The fraction of sp³-hybridized carbons (Fsp3) is 0.700. The van der Waals surface area contributed by atoms with Gasteiger partial charge in [0.1, 0.15) is 5.82 Å². The van der Waals surface area contributed by atoms with E-state index in [0.29, 0.717) is 12.0 Å². The monoisotopic (exact) mass is 195 g/mol. The molecule has 0 radical (unpaired) electrons. The third-order valence-electron chi connectivity index (χ3n) is 2.87. The Kier molecular flexibility index (Phi) is 2.72. The minimum Gasteiger partial charge on any atom is -0.381 e. The van der Waals surface area contributed by atoms with E-state index < -0.39 is 0 Å². The normalized spacial score (nSPS) is 23.7. The SMILES string of the molecule is CC(Nc1ccnn1C)C1CCOC1. The maximum absolute atomic E-state index is 5.37. The van der Waals surface area contributed by atoms with Crippen molar-refractivity contribution in [2.45, 2.75) is 19.4 Å². The van der Waals surface area contributed by atoms with E-state index in [-0.39, 0.29) is 0 Å².